The van der Waals surface area contributed by atoms with Crippen LogP contribution in [0.3, 0.4) is 0 Å². The number of nitrogens with one attached hydrogen (secondary N) is 1. The molecular formula is C14H28N4O2S. The zero-order valence-electron chi connectivity index (χ0n) is 13.1. The van der Waals surface area contributed by atoms with E-state index in [-0.39, 0.29) is 10.9 Å². The number of aromatic nitrogens is 2. The first-order valence-corrected chi connectivity index (χ1v) is 9.22. The third kappa shape index (κ3) is 6.58. The molecule has 3 N–H and O–H groups in total. The Morgan fingerprint density at radius 2 is 2.10 bits per heavy atom. The number of hydrogen-bond acceptors (Lipinski definition) is 4. The minimum Gasteiger partial charge on any atom is -0.330 e. The van der Waals surface area contributed by atoms with Crippen molar-refractivity contribution < 1.29 is 8.42 Å². The summed E-state index contributed by atoms with van der Waals surface area (Å²) < 4.78 is 28.8. The molecule has 1 aromatic heterocycles. The summed E-state index contributed by atoms with van der Waals surface area (Å²) in [4.78, 5) is 0.222. The molecule has 1 rings (SSSR count). The lowest BCUT2D eigenvalue weighted by Crippen LogP contribution is -2.32. The maximum Gasteiger partial charge on any atom is 0.243 e. The number of nitrogens with two attached hydrogens (primary N) is 1. The highest BCUT2D eigenvalue weighted by Crippen LogP contribution is 2.11. The fraction of sp³-hybridized carbons (Fsp3) is 0.786. The lowest BCUT2D eigenvalue weighted by atomic mass is 10.1. The van der Waals surface area contributed by atoms with E-state index < -0.39 is 10.0 Å². The summed E-state index contributed by atoms with van der Waals surface area (Å²) in [5.41, 5.74) is 5.43. The van der Waals surface area contributed by atoms with E-state index in [1.165, 1.54) is 19.0 Å². The van der Waals surface area contributed by atoms with E-state index in [2.05, 4.69) is 16.7 Å². The minimum atomic E-state index is -3.47. The Balaban J connectivity index is 2.50. The van der Waals surface area contributed by atoms with Crippen molar-refractivity contribution in [1.82, 2.24) is 14.5 Å². The van der Waals surface area contributed by atoms with E-state index >= 15 is 0 Å². The summed E-state index contributed by atoms with van der Waals surface area (Å²) in [7, 11) is -3.47. The predicted molar refractivity (Wildman–Crippen MR) is 84.4 cm³/mol. The molecule has 0 aromatic carbocycles. The molecule has 0 aliphatic rings. The van der Waals surface area contributed by atoms with Crippen LogP contribution >= 0.6 is 0 Å². The highest BCUT2D eigenvalue weighted by Gasteiger charge is 2.19. The van der Waals surface area contributed by atoms with Gasteiger partial charge in [-0.25, -0.2) is 13.1 Å². The number of aryl methyl sites for hydroxylation is 1. The molecule has 1 atom stereocenters. The van der Waals surface area contributed by atoms with Crippen LogP contribution in [0.5, 0.6) is 0 Å². The van der Waals surface area contributed by atoms with E-state index in [0.29, 0.717) is 13.1 Å². The van der Waals surface area contributed by atoms with Crippen LogP contribution in [0.1, 0.15) is 52.4 Å². The van der Waals surface area contributed by atoms with Crippen LogP contribution in [0, 0.1) is 0 Å². The zero-order valence-corrected chi connectivity index (χ0v) is 13.9. The summed E-state index contributed by atoms with van der Waals surface area (Å²) in [6, 6.07) is -0.0563. The molecule has 0 amide bonds. The SMILES string of the molecule is CCCCCCC(C)NS(=O)(=O)c1cnn(CCCN)c1. The summed E-state index contributed by atoms with van der Waals surface area (Å²) in [5, 5.41) is 4.06. The topological polar surface area (TPSA) is 90.0 Å². The molecule has 21 heavy (non-hydrogen) atoms. The second-order valence-electron chi connectivity index (χ2n) is 5.45. The van der Waals surface area contributed by atoms with Crippen molar-refractivity contribution in [1.29, 1.82) is 0 Å². The van der Waals surface area contributed by atoms with Gasteiger partial charge < -0.3 is 5.73 Å². The highest BCUT2D eigenvalue weighted by molar-refractivity contribution is 7.89. The number of hydrogen-bond donors (Lipinski definition) is 2. The quantitative estimate of drug-likeness (QED) is 0.610. The van der Waals surface area contributed by atoms with Gasteiger partial charge in [-0.2, -0.15) is 5.10 Å². The molecule has 0 spiro atoms. The minimum absolute atomic E-state index is 0.0563. The summed E-state index contributed by atoms with van der Waals surface area (Å²) in [6.07, 6.45) is 9.18. The van der Waals surface area contributed by atoms with Gasteiger partial charge in [-0.1, -0.05) is 32.6 Å². The molecule has 122 valence electrons. The van der Waals surface area contributed by atoms with Crippen molar-refractivity contribution in [3.63, 3.8) is 0 Å². The first-order valence-electron chi connectivity index (χ1n) is 7.74. The van der Waals surface area contributed by atoms with Crippen LogP contribution in [0.2, 0.25) is 0 Å². The molecule has 1 heterocycles. The van der Waals surface area contributed by atoms with E-state index in [9.17, 15) is 8.42 Å². The van der Waals surface area contributed by atoms with E-state index in [1.54, 1.807) is 10.9 Å². The van der Waals surface area contributed by atoms with Crippen molar-refractivity contribution in [2.45, 2.75) is 69.9 Å². The van der Waals surface area contributed by atoms with Crippen LogP contribution in [-0.4, -0.2) is 30.8 Å². The third-order valence-electron chi connectivity index (χ3n) is 3.36. The van der Waals surface area contributed by atoms with Gasteiger partial charge in [-0.05, 0) is 26.3 Å². The monoisotopic (exact) mass is 316 g/mol. The maximum absolute atomic E-state index is 12.2. The van der Waals surface area contributed by atoms with Crippen molar-refractivity contribution in [2.75, 3.05) is 6.54 Å². The molecule has 0 saturated carbocycles. The maximum atomic E-state index is 12.2. The lowest BCUT2D eigenvalue weighted by molar-refractivity contribution is 0.521. The van der Waals surface area contributed by atoms with Crippen molar-refractivity contribution >= 4 is 10.0 Å². The first kappa shape index (κ1) is 18.1. The molecule has 1 unspecified atom stereocenters. The average Bonchev–Trinajstić information content (AvgIpc) is 2.90. The Hall–Kier alpha value is -0.920. The van der Waals surface area contributed by atoms with Gasteiger partial charge in [0.15, 0.2) is 0 Å². The van der Waals surface area contributed by atoms with Crippen LogP contribution < -0.4 is 10.5 Å². The van der Waals surface area contributed by atoms with E-state index in [4.69, 9.17) is 5.73 Å². The van der Waals surface area contributed by atoms with Gasteiger partial charge in [0, 0.05) is 18.8 Å². The van der Waals surface area contributed by atoms with Crippen LogP contribution in [-0.2, 0) is 16.6 Å². The Kier molecular flexibility index (Phi) is 7.92. The predicted octanol–water partition coefficient (Wildman–Crippen LogP) is 1.87. The summed E-state index contributed by atoms with van der Waals surface area (Å²) >= 11 is 0. The number of rotatable bonds is 11. The lowest BCUT2D eigenvalue weighted by Gasteiger charge is -2.13. The molecule has 0 saturated heterocycles. The van der Waals surface area contributed by atoms with E-state index in [0.717, 1.165) is 25.7 Å². The standard InChI is InChI=1S/C14H28N4O2S/c1-3-4-5-6-8-13(2)17-21(19,20)14-11-16-18(12-14)10-7-9-15/h11-13,17H,3-10,15H2,1-2H3. The second-order valence-corrected chi connectivity index (χ2v) is 7.17. The van der Waals surface area contributed by atoms with Crippen molar-refractivity contribution in [3.8, 4) is 0 Å². The number of sulfonamides is 1. The second kappa shape index (κ2) is 9.17. The summed E-state index contributed by atoms with van der Waals surface area (Å²) in [5.74, 6) is 0. The third-order valence-corrected chi connectivity index (χ3v) is 4.90. The van der Waals surface area contributed by atoms with Crippen molar-refractivity contribution in [2.24, 2.45) is 5.73 Å². The van der Waals surface area contributed by atoms with Crippen LogP contribution in [0.4, 0.5) is 0 Å². The van der Waals surface area contributed by atoms with Gasteiger partial charge in [0.1, 0.15) is 4.90 Å². The largest absolute Gasteiger partial charge is 0.330 e. The molecule has 7 heteroatoms. The van der Waals surface area contributed by atoms with Gasteiger partial charge >= 0.3 is 0 Å². The van der Waals surface area contributed by atoms with Gasteiger partial charge in [0.2, 0.25) is 10.0 Å². The van der Waals surface area contributed by atoms with E-state index in [1.807, 2.05) is 6.92 Å². The molecule has 0 radical (unpaired) electrons. The molecule has 0 bridgehead atoms. The zero-order chi connectivity index (χ0) is 15.7. The number of nitrogens with zero attached hydrogens (tertiary/aromatic N) is 2. The Morgan fingerprint density at radius 3 is 2.76 bits per heavy atom. The van der Waals surface area contributed by atoms with Crippen LogP contribution in [0.25, 0.3) is 0 Å². The van der Waals surface area contributed by atoms with Gasteiger partial charge in [-0.15, -0.1) is 0 Å². The molecule has 6 nitrogen and oxygen atoms in total. The fourth-order valence-corrected chi connectivity index (χ4v) is 3.36. The number of unbranched alkanes of at least 4 members (excludes halogenated alkanes) is 3. The fourth-order valence-electron chi connectivity index (χ4n) is 2.13. The molecule has 0 fully saturated rings. The highest BCUT2D eigenvalue weighted by atomic mass is 32.2. The molecule has 1 aromatic rings. The smallest absolute Gasteiger partial charge is 0.243 e. The summed E-state index contributed by atoms with van der Waals surface area (Å²) in [6.45, 7) is 5.27. The first-order chi connectivity index (χ1) is 9.99. The Bertz CT molecular complexity index is 499. The normalized spacial score (nSPS) is 13.5. The molecule has 0 aliphatic carbocycles. The Morgan fingerprint density at radius 1 is 1.33 bits per heavy atom. The van der Waals surface area contributed by atoms with Crippen molar-refractivity contribution in [3.05, 3.63) is 12.4 Å². The molecular weight excluding hydrogens is 288 g/mol. The van der Waals surface area contributed by atoms with Gasteiger partial charge in [-0.3, -0.25) is 4.68 Å². The Labute approximate surface area is 128 Å². The average molecular weight is 316 g/mol. The van der Waals surface area contributed by atoms with Crippen LogP contribution in [0.15, 0.2) is 17.3 Å². The van der Waals surface area contributed by atoms with Gasteiger partial charge in [0.25, 0.3) is 0 Å². The molecule has 0 aliphatic heterocycles. The van der Waals surface area contributed by atoms with Gasteiger partial charge in [0.05, 0.1) is 6.20 Å².